The number of nitro benzene ring substituents is 1. The molecule has 0 heterocycles. The lowest BCUT2D eigenvalue weighted by Crippen LogP contribution is -2.05. The SMILES string of the molecule is COc1cc([N+](=O)[O-])ccc1C=CC(N)=O. The average Bonchev–Trinajstić information content (AvgIpc) is 2.25. The van der Waals surface area contributed by atoms with Gasteiger partial charge in [0.15, 0.2) is 0 Å². The summed E-state index contributed by atoms with van der Waals surface area (Å²) in [7, 11) is 1.39. The third kappa shape index (κ3) is 2.81. The maximum atomic E-state index is 10.5. The van der Waals surface area contributed by atoms with Gasteiger partial charge in [-0.25, -0.2) is 0 Å². The zero-order valence-electron chi connectivity index (χ0n) is 8.54. The molecule has 0 saturated heterocycles. The number of carbonyl (C=O) groups is 1. The molecule has 1 aromatic rings. The number of ether oxygens (including phenoxy) is 1. The summed E-state index contributed by atoms with van der Waals surface area (Å²) >= 11 is 0. The third-order valence-electron chi connectivity index (χ3n) is 1.86. The smallest absolute Gasteiger partial charge is 0.273 e. The minimum atomic E-state index is -0.597. The topological polar surface area (TPSA) is 95.5 Å². The molecule has 0 aliphatic heterocycles. The van der Waals surface area contributed by atoms with Crippen LogP contribution in [0.5, 0.6) is 5.75 Å². The van der Waals surface area contributed by atoms with E-state index in [0.29, 0.717) is 11.3 Å². The van der Waals surface area contributed by atoms with E-state index in [1.54, 1.807) is 0 Å². The lowest BCUT2D eigenvalue weighted by Gasteiger charge is -2.03. The second kappa shape index (κ2) is 4.92. The number of rotatable bonds is 4. The van der Waals surface area contributed by atoms with Gasteiger partial charge in [0.2, 0.25) is 5.91 Å². The first kappa shape index (κ1) is 11.7. The Morgan fingerprint density at radius 2 is 2.25 bits per heavy atom. The minimum Gasteiger partial charge on any atom is -0.496 e. The van der Waals surface area contributed by atoms with Crippen molar-refractivity contribution in [2.75, 3.05) is 7.11 Å². The van der Waals surface area contributed by atoms with Crippen molar-refractivity contribution in [3.8, 4) is 5.75 Å². The summed E-state index contributed by atoms with van der Waals surface area (Å²) in [5.74, 6) is -0.285. The molecule has 0 bridgehead atoms. The van der Waals surface area contributed by atoms with Gasteiger partial charge in [-0.3, -0.25) is 14.9 Å². The Balaban J connectivity index is 3.11. The molecule has 6 nitrogen and oxygen atoms in total. The minimum absolute atomic E-state index is 0.0759. The first-order valence-electron chi connectivity index (χ1n) is 4.34. The first-order chi connectivity index (χ1) is 7.54. The molecule has 0 atom stereocenters. The summed E-state index contributed by atoms with van der Waals surface area (Å²) < 4.78 is 4.96. The van der Waals surface area contributed by atoms with E-state index in [4.69, 9.17) is 10.5 Å². The van der Waals surface area contributed by atoms with Crippen molar-refractivity contribution >= 4 is 17.7 Å². The Labute approximate surface area is 91.5 Å². The fourth-order valence-electron chi connectivity index (χ4n) is 1.12. The number of primary amides is 1. The molecule has 1 amide bonds. The molecule has 6 heteroatoms. The van der Waals surface area contributed by atoms with Crippen LogP contribution in [-0.2, 0) is 4.79 Å². The van der Waals surface area contributed by atoms with Gasteiger partial charge in [-0.1, -0.05) is 0 Å². The van der Waals surface area contributed by atoms with E-state index in [0.717, 1.165) is 6.08 Å². The van der Waals surface area contributed by atoms with Crippen molar-refractivity contribution in [1.82, 2.24) is 0 Å². The van der Waals surface area contributed by atoms with E-state index in [-0.39, 0.29) is 5.69 Å². The number of non-ortho nitro benzene ring substituents is 1. The van der Waals surface area contributed by atoms with Crippen molar-refractivity contribution in [3.05, 3.63) is 40.0 Å². The molecule has 84 valence electrons. The highest BCUT2D eigenvalue weighted by molar-refractivity contribution is 5.90. The second-order valence-electron chi connectivity index (χ2n) is 2.92. The van der Waals surface area contributed by atoms with Crippen molar-refractivity contribution in [3.63, 3.8) is 0 Å². The Bertz CT molecular complexity index is 454. The highest BCUT2D eigenvalue weighted by atomic mass is 16.6. The van der Waals surface area contributed by atoms with Gasteiger partial charge in [0.05, 0.1) is 18.1 Å². The molecule has 1 aromatic carbocycles. The number of nitrogens with zero attached hydrogens (tertiary/aromatic N) is 1. The fourth-order valence-corrected chi connectivity index (χ4v) is 1.12. The third-order valence-corrected chi connectivity index (χ3v) is 1.86. The summed E-state index contributed by atoms with van der Waals surface area (Å²) in [4.78, 5) is 20.5. The monoisotopic (exact) mass is 222 g/mol. The largest absolute Gasteiger partial charge is 0.496 e. The Morgan fingerprint density at radius 1 is 1.56 bits per heavy atom. The van der Waals surface area contributed by atoms with Crippen molar-refractivity contribution in [2.24, 2.45) is 5.73 Å². The van der Waals surface area contributed by atoms with Gasteiger partial charge in [-0.15, -0.1) is 0 Å². The van der Waals surface area contributed by atoms with Gasteiger partial charge >= 0.3 is 0 Å². The summed E-state index contributed by atoms with van der Waals surface area (Å²) in [5, 5.41) is 10.5. The summed E-state index contributed by atoms with van der Waals surface area (Å²) in [5.41, 5.74) is 5.41. The number of nitro groups is 1. The number of benzene rings is 1. The van der Waals surface area contributed by atoms with Crippen LogP contribution in [0.25, 0.3) is 6.08 Å². The summed E-state index contributed by atoms with van der Waals surface area (Å²) in [6.45, 7) is 0. The average molecular weight is 222 g/mol. The number of hydrogen-bond acceptors (Lipinski definition) is 4. The predicted molar refractivity (Wildman–Crippen MR) is 57.9 cm³/mol. The molecule has 0 radical (unpaired) electrons. The lowest BCUT2D eigenvalue weighted by molar-refractivity contribution is -0.384. The number of carbonyl (C=O) groups excluding carboxylic acids is 1. The van der Waals surface area contributed by atoms with Crippen LogP contribution in [0.2, 0.25) is 0 Å². The van der Waals surface area contributed by atoms with Crippen LogP contribution >= 0.6 is 0 Å². The zero-order chi connectivity index (χ0) is 12.1. The van der Waals surface area contributed by atoms with E-state index in [1.165, 1.54) is 31.4 Å². The number of nitrogens with two attached hydrogens (primary N) is 1. The summed E-state index contributed by atoms with van der Waals surface area (Å²) in [6.07, 6.45) is 2.59. The number of amides is 1. The number of hydrogen-bond donors (Lipinski definition) is 1. The molecule has 0 aliphatic carbocycles. The summed E-state index contributed by atoms with van der Waals surface area (Å²) in [6, 6.07) is 4.08. The predicted octanol–water partition coefficient (Wildman–Crippen LogP) is 1.10. The highest BCUT2D eigenvalue weighted by Crippen LogP contribution is 2.25. The van der Waals surface area contributed by atoms with Crippen molar-refractivity contribution in [2.45, 2.75) is 0 Å². The van der Waals surface area contributed by atoms with Crippen LogP contribution in [0.4, 0.5) is 5.69 Å². The molecular formula is C10H10N2O4. The van der Waals surface area contributed by atoms with Crippen LogP contribution in [0, 0.1) is 10.1 Å². The second-order valence-corrected chi connectivity index (χ2v) is 2.92. The van der Waals surface area contributed by atoms with Gasteiger partial charge in [0.25, 0.3) is 5.69 Å². The zero-order valence-corrected chi connectivity index (χ0v) is 8.54. The molecule has 2 N–H and O–H groups in total. The van der Waals surface area contributed by atoms with Gasteiger partial charge in [0.1, 0.15) is 5.75 Å². The first-order valence-corrected chi connectivity index (χ1v) is 4.34. The van der Waals surface area contributed by atoms with E-state index >= 15 is 0 Å². The molecular weight excluding hydrogens is 212 g/mol. The van der Waals surface area contributed by atoms with E-state index < -0.39 is 10.8 Å². The van der Waals surface area contributed by atoms with E-state index in [2.05, 4.69) is 0 Å². The van der Waals surface area contributed by atoms with Crippen LogP contribution in [0.1, 0.15) is 5.56 Å². The fraction of sp³-hybridized carbons (Fsp3) is 0.100. The van der Waals surface area contributed by atoms with Crippen LogP contribution in [0.15, 0.2) is 24.3 Å². The maximum absolute atomic E-state index is 10.5. The molecule has 0 fully saturated rings. The normalized spacial score (nSPS) is 10.3. The maximum Gasteiger partial charge on any atom is 0.273 e. The molecule has 1 rings (SSSR count). The Hall–Kier alpha value is -2.37. The van der Waals surface area contributed by atoms with Gasteiger partial charge in [-0.05, 0) is 12.1 Å². The van der Waals surface area contributed by atoms with Crippen molar-refractivity contribution < 1.29 is 14.5 Å². The molecule has 0 unspecified atom stereocenters. The Morgan fingerprint density at radius 3 is 2.75 bits per heavy atom. The highest BCUT2D eigenvalue weighted by Gasteiger charge is 2.09. The van der Waals surface area contributed by atoms with Crippen LogP contribution < -0.4 is 10.5 Å². The molecule has 0 spiro atoms. The van der Waals surface area contributed by atoms with E-state index in [9.17, 15) is 14.9 Å². The quantitative estimate of drug-likeness (QED) is 0.468. The number of methoxy groups -OCH3 is 1. The lowest BCUT2D eigenvalue weighted by atomic mass is 10.1. The molecule has 16 heavy (non-hydrogen) atoms. The van der Waals surface area contributed by atoms with Gasteiger partial charge in [0, 0.05) is 17.7 Å². The van der Waals surface area contributed by atoms with Crippen molar-refractivity contribution in [1.29, 1.82) is 0 Å². The van der Waals surface area contributed by atoms with E-state index in [1.807, 2.05) is 0 Å². The van der Waals surface area contributed by atoms with Gasteiger partial charge < -0.3 is 10.5 Å². The molecule has 0 saturated carbocycles. The Kier molecular flexibility index (Phi) is 3.60. The molecule has 0 aliphatic rings. The van der Waals surface area contributed by atoms with Crippen LogP contribution in [0.3, 0.4) is 0 Å². The standard InChI is InChI=1S/C10H10N2O4/c1-16-9-6-8(12(14)15)4-2-7(9)3-5-10(11)13/h2-6H,1H3,(H2,11,13). The van der Waals surface area contributed by atoms with Gasteiger partial charge in [-0.2, -0.15) is 0 Å². The molecule has 0 aromatic heterocycles. The van der Waals surface area contributed by atoms with Crippen LogP contribution in [-0.4, -0.2) is 17.9 Å².